The van der Waals surface area contributed by atoms with Crippen LogP contribution in [0.15, 0.2) is 29.7 Å². The highest BCUT2D eigenvalue weighted by molar-refractivity contribution is 7.89. The molecule has 2 aromatic heterocycles. The fourth-order valence-electron chi connectivity index (χ4n) is 2.47. The van der Waals surface area contributed by atoms with E-state index in [0.29, 0.717) is 24.5 Å². The zero-order valence-electron chi connectivity index (χ0n) is 12.4. The summed E-state index contributed by atoms with van der Waals surface area (Å²) in [5, 5.41) is 4.11. The van der Waals surface area contributed by atoms with Gasteiger partial charge in [0.25, 0.3) is 0 Å². The highest BCUT2D eigenvalue weighted by Gasteiger charge is 2.34. The second-order valence-electron chi connectivity index (χ2n) is 5.11. The van der Waals surface area contributed by atoms with Gasteiger partial charge in [-0.1, -0.05) is 0 Å². The highest BCUT2D eigenvalue weighted by atomic mass is 32.2. The monoisotopic (exact) mass is 323 g/mol. The summed E-state index contributed by atoms with van der Waals surface area (Å²) in [5.41, 5.74) is 1.12. The van der Waals surface area contributed by atoms with Crippen LogP contribution in [0.1, 0.15) is 17.5 Å². The Morgan fingerprint density at radius 3 is 2.82 bits per heavy atom. The second-order valence-corrected chi connectivity index (χ2v) is 7.01. The van der Waals surface area contributed by atoms with Gasteiger partial charge in [0, 0.05) is 38.7 Å². The van der Waals surface area contributed by atoms with E-state index in [1.807, 2.05) is 0 Å². The Hall–Kier alpha value is -1.84. The van der Waals surface area contributed by atoms with E-state index >= 15 is 0 Å². The van der Waals surface area contributed by atoms with Gasteiger partial charge in [0.1, 0.15) is 11.0 Å². The van der Waals surface area contributed by atoms with Crippen molar-refractivity contribution in [1.82, 2.24) is 24.1 Å². The molecule has 2 aromatic rings. The van der Waals surface area contributed by atoms with Gasteiger partial charge in [0.2, 0.25) is 10.0 Å². The Bertz CT molecular complexity index is 759. The van der Waals surface area contributed by atoms with Crippen molar-refractivity contribution in [2.45, 2.75) is 17.9 Å². The molecule has 0 aromatic carbocycles. The van der Waals surface area contributed by atoms with Crippen LogP contribution < -0.4 is 0 Å². The number of aromatic nitrogens is 4. The van der Waals surface area contributed by atoms with Crippen LogP contribution in [0.5, 0.6) is 0 Å². The molecule has 0 bridgehead atoms. The second kappa shape index (κ2) is 5.75. The molecule has 8 nitrogen and oxygen atoms in total. The average Bonchev–Trinajstić information content (AvgIpc) is 2.88. The summed E-state index contributed by atoms with van der Waals surface area (Å²) < 4.78 is 34.1. The minimum atomic E-state index is -3.59. The number of nitrogens with zero attached hydrogens (tertiary/aromatic N) is 5. The zero-order valence-corrected chi connectivity index (χ0v) is 13.2. The SMILES string of the molecule is Cc1nn(C)cc1S(=O)(=O)N1CCOC(c2cnccn2)C1. The molecule has 0 radical (unpaired) electrons. The van der Waals surface area contributed by atoms with Crippen LogP contribution in [0.4, 0.5) is 0 Å². The lowest BCUT2D eigenvalue weighted by molar-refractivity contribution is -0.00515. The first kappa shape index (κ1) is 15.1. The van der Waals surface area contributed by atoms with Crippen LogP contribution in [-0.2, 0) is 21.8 Å². The zero-order chi connectivity index (χ0) is 15.7. The van der Waals surface area contributed by atoms with Crippen LogP contribution in [0.25, 0.3) is 0 Å². The molecule has 22 heavy (non-hydrogen) atoms. The normalized spacial score (nSPS) is 20.2. The molecule has 0 N–H and O–H groups in total. The van der Waals surface area contributed by atoms with Gasteiger partial charge >= 0.3 is 0 Å². The van der Waals surface area contributed by atoms with E-state index in [9.17, 15) is 8.42 Å². The van der Waals surface area contributed by atoms with Crippen molar-refractivity contribution in [2.24, 2.45) is 7.05 Å². The average molecular weight is 323 g/mol. The van der Waals surface area contributed by atoms with Crippen LogP contribution in [0, 0.1) is 6.92 Å². The smallest absolute Gasteiger partial charge is 0.246 e. The first-order valence-corrected chi connectivity index (χ1v) is 8.30. The summed E-state index contributed by atoms with van der Waals surface area (Å²) in [6.07, 6.45) is 5.85. The first-order valence-electron chi connectivity index (χ1n) is 6.86. The van der Waals surface area contributed by atoms with Crippen molar-refractivity contribution in [3.63, 3.8) is 0 Å². The van der Waals surface area contributed by atoms with E-state index in [1.165, 1.54) is 15.2 Å². The molecule has 3 rings (SSSR count). The Labute approximate surface area is 128 Å². The maximum absolute atomic E-state index is 12.8. The van der Waals surface area contributed by atoms with E-state index in [0.717, 1.165) is 0 Å². The number of aryl methyl sites for hydroxylation is 2. The summed E-state index contributed by atoms with van der Waals surface area (Å²) in [6.45, 7) is 2.54. The van der Waals surface area contributed by atoms with Gasteiger partial charge in [-0.25, -0.2) is 8.42 Å². The third kappa shape index (κ3) is 2.74. The molecule has 1 aliphatic rings. The van der Waals surface area contributed by atoms with Crippen molar-refractivity contribution in [3.8, 4) is 0 Å². The number of hydrogen-bond donors (Lipinski definition) is 0. The van der Waals surface area contributed by atoms with Gasteiger partial charge in [-0.2, -0.15) is 9.40 Å². The molecule has 0 saturated carbocycles. The Morgan fingerprint density at radius 1 is 1.36 bits per heavy atom. The summed E-state index contributed by atoms with van der Waals surface area (Å²) in [5.74, 6) is 0. The number of hydrogen-bond acceptors (Lipinski definition) is 6. The Morgan fingerprint density at radius 2 is 2.18 bits per heavy atom. The number of morpholine rings is 1. The van der Waals surface area contributed by atoms with E-state index in [2.05, 4.69) is 15.1 Å². The molecule has 0 amide bonds. The third-order valence-electron chi connectivity index (χ3n) is 3.53. The molecule has 1 unspecified atom stereocenters. The Kier molecular flexibility index (Phi) is 3.94. The molecule has 0 aliphatic carbocycles. The lowest BCUT2D eigenvalue weighted by atomic mass is 10.2. The van der Waals surface area contributed by atoms with Gasteiger partial charge in [-0.05, 0) is 6.92 Å². The lowest BCUT2D eigenvalue weighted by Gasteiger charge is -2.31. The fraction of sp³-hybridized carbons (Fsp3) is 0.462. The Balaban J connectivity index is 1.87. The molecule has 9 heteroatoms. The fourth-order valence-corrected chi connectivity index (χ4v) is 4.09. The molecular formula is C13H17N5O3S. The van der Waals surface area contributed by atoms with Gasteiger partial charge < -0.3 is 4.74 Å². The highest BCUT2D eigenvalue weighted by Crippen LogP contribution is 2.26. The number of ether oxygens (including phenoxy) is 1. The van der Waals surface area contributed by atoms with E-state index < -0.39 is 16.1 Å². The molecule has 1 atom stereocenters. The molecule has 1 saturated heterocycles. The van der Waals surface area contributed by atoms with E-state index in [1.54, 1.807) is 32.6 Å². The predicted molar refractivity (Wildman–Crippen MR) is 77.4 cm³/mol. The van der Waals surface area contributed by atoms with Crippen molar-refractivity contribution in [2.75, 3.05) is 19.7 Å². The van der Waals surface area contributed by atoms with Crippen LogP contribution in [-0.4, -0.2) is 52.2 Å². The van der Waals surface area contributed by atoms with Gasteiger partial charge in [-0.15, -0.1) is 0 Å². The summed E-state index contributed by atoms with van der Waals surface area (Å²) in [7, 11) is -1.89. The van der Waals surface area contributed by atoms with Gasteiger partial charge in [-0.3, -0.25) is 14.6 Å². The lowest BCUT2D eigenvalue weighted by Crippen LogP contribution is -2.42. The topological polar surface area (TPSA) is 90.2 Å². The quantitative estimate of drug-likeness (QED) is 0.806. The largest absolute Gasteiger partial charge is 0.369 e. The van der Waals surface area contributed by atoms with Crippen molar-refractivity contribution in [1.29, 1.82) is 0 Å². The van der Waals surface area contributed by atoms with E-state index in [4.69, 9.17) is 4.74 Å². The van der Waals surface area contributed by atoms with Gasteiger partial charge in [0.15, 0.2) is 0 Å². The summed E-state index contributed by atoms with van der Waals surface area (Å²) in [4.78, 5) is 8.42. The molecule has 1 fully saturated rings. The maximum atomic E-state index is 12.8. The summed E-state index contributed by atoms with van der Waals surface area (Å²) >= 11 is 0. The van der Waals surface area contributed by atoms with Crippen molar-refractivity contribution >= 4 is 10.0 Å². The van der Waals surface area contributed by atoms with Crippen molar-refractivity contribution in [3.05, 3.63) is 36.2 Å². The van der Waals surface area contributed by atoms with Crippen LogP contribution in [0.2, 0.25) is 0 Å². The molecular weight excluding hydrogens is 306 g/mol. The standard InChI is InChI=1S/C13H17N5O3S/c1-10-13(9-17(2)16-10)22(19,20)18-5-6-21-12(8-18)11-7-14-3-4-15-11/h3-4,7,9,12H,5-6,8H2,1-2H3. The van der Waals surface area contributed by atoms with Crippen LogP contribution in [0.3, 0.4) is 0 Å². The minimum Gasteiger partial charge on any atom is -0.369 e. The molecule has 118 valence electrons. The molecule has 1 aliphatic heterocycles. The number of rotatable bonds is 3. The first-order chi connectivity index (χ1) is 10.5. The third-order valence-corrected chi connectivity index (χ3v) is 5.50. The predicted octanol–water partition coefficient (Wildman–Crippen LogP) is 0.281. The molecule has 3 heterocycles. The van der Waals surface area contributed by atoms with E-state index in [-0.39, 0.29) is 11.4 Å². The summed E-state index contributed by atoms with van der Waals surface area (Å²) in [6, 6.07) is 0. The van der Waals surface area contributed by atoms with Crippen molar-refractivity contribution < 1.29 is 13.2 Å². The number of sulfonamides is 1. The minimum absolute atomic E-state index is 0.218. The van der Waals surface area contributed by atoms with Crippen LogP contribution >= 0.6 is 0 Å². The molecule has 0 spiro atoms. The van der Waals surface area contributed by atoms with Gasteiger partial charge in [0.05, 0.1) is 24.2 Å². The maximum Gasteiger partial charge on any atom is 0.246 e.